The van der Waals surface area contributed by atoms with Crippen molar-refractivity contribution < 1.29 is 19.0 Å². The lowest BCUT2D eigenvalue weighted by molar-refractivity contribution is 0.0742. The predicted molar refractivity (Wildman–Crippen MR) is 39.2 cm³/mol. The molecule has 0 aliphatic carbocycles. The van der Waals surface area contributed by atoms with Gasteiger partial charge in [-0.05, 0) is 0 Å². The summed E-state index contributed by atoms with van der Waals surface area (Å²) in [4.78, 5) is 0. The first kappa shape index (κ1) is 11.0. The van der Waals surface area contributed by atoms with Crippen LogP contribution in [0.3, 0.4) is 0 Å². The van der Waals surface area contributed by atoms with Crippen LogP contribution < -0.4 is 4.72 Å². The fourth-order valence-electron chi connectivity index (χ4n) is 0.395. The van der Waals surface area contributed by atoms with Crippen molar-refractivity contribution >= 4 is 11.3 Å². The van der Waals surface area contributed by atoms with Crippen LogP contribution in [0.1, 0.15) is 6.92 Å². The molecule has 1 unspecified atom stereocenters. The van der Waals surface area contributed by atoms with Crippen molar-refractivity contribution in [3.05, 3.63) is 0 Å². The number of hydrogen-bond acceptors (Lipinski definition) is 4. The summed E-state index contributed by atoms with van der Waals surface area (Å²) in [6, 6.07) is 0. The Kier molecular flexibility index (Phi) is 4.78. The molecule has 0 aromatic carbocycles. The maximum absolute atomic E-state index is 10.0. The van der Waals surface area contributed by atoms with Gasteiger partial charge >= 0.3 is 0 Å². The molecule has 68 valence electrons. The highest BCUT2D eigenvalue weighted by atomic mass is 32.2. The molecule has 5 nitrogen and oxygen atoms in total. The summed E-state index contributed by atoms with van der Waals surface area (Å²) >= 11 is -2.34. The van der Waals surface area contributed by atoms with E-state index in [-0.39, 0.29) is 19.8 Å². The summed E-state index contributed by atoms with van der Waals surface area (Å²) in [7, 11) is 0. The second kappa shape index (κ2) is 4.78. The Balaban J connectivity index is 3.78. The Morgan fingerprint density at radius 1 is 1.55 bits per heavy atom. The maximum Gasteiger partial charge on any atom is 0.0519 e. The van der Waals surface area contributed by atoms with Crippen LogP contribution in [-0.4, -0.2) is 38.7 Å². The number of hydrogen-bond donors (Lipinski definition) is 3. The van der Waals surface area contributed by atoms with Gasteiger partial charge in [0.1, 0.15) is 0 Å². The van der Waals surface area contributed by atoms with Gasteiger partial charge in [0, 0.05) is 23.2 Å². The van der Waals surface area contributed by atoms with Crippen molar-refractivity contribution in [3.8, 4) is 0 Å². The van der Waals surface area contributed by atoms with E-state index < -0.39 is 16.7 Å². The van der Waals surface area contributed by atoms with Gasteiger partial charge in [-0.1, -0.05) is 6.92 Å². The van der Waals surface area contributed by atoms with E-state index in [4.69, 9.17) is 10.2 Å². The van der Waals surface area contributed by atoms with Crippen LogP contribution in [0.15, 0.2) is 0 Å². The standard InChI is InChI=1S/C5H13NO4S/c1-5(3-7,4-8)2-6-11(9)10/h6-8H,2-4H2,1H3,(H,9,10)/p-1. The molecule has 0 fully saturated rings. The lowest BCUT2D eigenvalue weighted by Gasteiger charge is -2.25. The van der Waals surface area contributed by atoms with Crippen LogP contribution in [0, 0.1) is 5.41 Å². The van der Waals surface area contributed by atoms with Crippen LogP contribution in [0.5, 0.6) is 0 Å². The molecule has 0 saturated carbocycles. The summed E-state index contributed by atoms with van der Waals surface area (Å²) in [6.07, 6.45) is 0. The van der Waals surface area contributed by atoms with Gasteiger partial charge in [0.2, 0.25) is 0 Å². The van der Waals surface area contributed by atoms with Crippen LogP contribution in [0.25, 0.3) is 0 Å². The van der Waals surface area contributed by atoms with Crippen molar-refractivity contribution in [2.75, 3.05) is 19.8 Å². The zero-order valence-corrected chi connectivity index (χ0v) is 7.06. The molecule has 11 heavy (non-hydrogen) atoms. The van der Waals surface area contributed by atoms with Crippen LogP contribution in [0.4, 0.5) is 0 Å². The summed E-state index contributed by atoms with van der Waals surface area (Å²) < 4.78 is 22.1. The fourth-order valence-corrected chi connectivity index (χ4v) is 0.861. The van der Waals surface area contributed by atoms with Gasteiger partial charge in [0.15, 0.2) is 0 Å². The maximum atomic E-state index is 10.0. The van der Waals surface area contributed by atoms with Crippen LogP contribution in [-0.2, 0) is 11.3 Å². The van der Waals surface area contributed by atoms with Gasteiger partial charge in [-0.25, -0.2) is 4.72 Å². The third-order valence-corrected chi connectivity index (χ3v) is 1.76. The predicted octanol–water partition coefficient (Wildman–Crippen LogP) is -1.64. The Labute approximate surface area is 67.9 Å². The summed E-state index contributed by atoms with van der Waals surface area (Å²) in [5, 5.41) is 17.4. The van der Waals surface area contributed by atoms with E-state index in [0.717, 1.165) is 0 Å². The van der Waals surface area contributed by atoms with E-state index in [1.807, 2.05) is 0 Å². The van der Waals surface area contributed by atoms with Crippen LogP contribution >= 0.6 is 0 Å². The molecule has 0 aliphatic heterocycles. The minimum Gasteiger partial charge on any atom is -0.760 e. The monoisotopic (exact) mass is 182 g/mol. The molecule has 0 heterocycles. The SMILES string of the molecule is CC(CO)(CO)CNS(=O)[O-]. The summed E-state index contributed by atoms with van der Waals surface area (Å²) in [5.74, 6) is 0. The van der Waals surface area contributed by atoms with Crippen molar-refractivity contribution in [1.82, 2.24) is 4.72 Å². The molecular formula is C5H12NO4S-. The normalized spacial score (nSPS) is 14.9. The van der Waals surface area contributed by atoms with Crippen molar-refractivity contribution in [1.29, 1.82) is 0 Å². The molecule has 0 aromatic heterocycles. The highest BCUT2D eigenvalue weighted by Crippen LogP contribution is 2.11. The van der Waals surface area contributed by atoms with Gasteiger partial charge in [0.25, 0.3) is 0 Å². The summed E-state index contributed by atoms with van der Waals surface area (Å²) in [5.41, 5.74) is -0.778. The first-order chi connectivity index (χ1) is 5.04. The lowest BCUT2D eigenvalue weighted by atomic mass is 9.94. The minimum absolute atomic E-state index is 0.0378. The topological polar surface area (TPSA) is 92.6 Å². The number of aliphatic hydroxyl groups excluding tert-OH is 2. The number of rotatable bonds is 5. The van der Waals surface area contributed by atoms with E-state index in [0.29, 0.717) is 0 Å². The minimum atomic E-state index is -2.34. The van der Waals surface area contributed by atoms with Gasteiger partial charge in [-0.3, -0.25) is 4.21 Å². The Bertz CT molecular complexity index is 136. The largest absolute Gasteiger partial charge is 0.760 e. The quantitative estimate of drug-likeness (QED) is 0.445. The van der Waals surface area contributed by atoms with Gasteiger partial charge in [-0.15, -0.1) is 0 Å². The zero-order chi connectivity index (χ0) is 8.91. The average molecular weight is 182 g/mol. The highest BCUT2D eigenvalue weighted by molar-refractivity contribution is 7.77. The molecule has 0 amide bonds. The fraction of sp³-hybridized carbons (Fsp3) is 1.00. The highest BCUT2D eigenvalue weighted by Gasteiger charge is 2.21. The molecule has 1 atom stereocenters. The van der Waals surface area contributed by atoms with E-state index in [2.05, 4.69) is 4.72 Å². The van der Waals surface area contributed by atoms with E-state index in [1.165, 1.54) is 0 Å². The third kappa shape index (κ3) is 4.44. The molecule has 0 aromatic rings. The van der Waals surface area contributed by atoms with Crippen molar-refractivity contribution in [2.45, 2.75) is 6.92 Å². The molecular weight excluding hydrogens is 170 g/mol. The van der Waals surface area contributed by atoms with Gasteiger partial charge in [0.05, 0.1) is 13.2 Å². The van der Waals surface area contributed by atoms with E-state index >= 15 is 0 Å². The average Bonchev–Trinajstić information content (AvgIpc) is 2.00. The molecule has 3 N–H and O–H groups in total. The Hall–Kier alpha value is -0.0100. The molecule has 0 bridgehead atoms. The molecule has 0 radical (unpaired) electrons. The molecule has 0 saturated heterocycles. The number of nitrogens with one attached hydrogen (secondary N) is 1. The molecule has 0 spiro atoms. The van der Waals surface area contributed by atoms with Gasteiger partial charge < -0.3 is 14.8 Å². The first-order valence-corrected chi connectivity index (χ1v) is 4.16. The first-order valence-electron chi connectivity index (χ1n) is 3.08. The third-order valence-electron chi connectivity index (χ3n) is 1.38. The zero-order valence-electron chi connectivity index (χ0n) is 6.24. The second-order valence-electron chi connectivity index (χ2n) is 2.68. The molecule has 0 aliphatic rings. The van der Waals surface area contributed by atoms with Gasteiger partial charge in [-0.2, -0.15) is 0 Å². The Morgan fingerprint density at radius 3 is 2.27 bits per heavy atom. The van der Waals surface area contributed by atoms with E-state index in [1.54, 1.807) is 6.92 Å². The van der Waals surface area contributed by atoms with Crippen molar-refractivity contribution in [3.63, 3.8) is 0 Å². The molecule has 0 rings (SSSR count). The lowest BCUT2D eigenvalue weighted by Crippen LogP contribution is -2.38. The number of aliphatic hydroxyl groups is 2. The van der Waals surface area contributed by atoms with E-state index in [9.17, 15) is 8.76 Å². The smallest absolute Gasteiger partial charge is 0.0519 e. The van der Waals surface area contributed by atoms with Crippen molar-refractivity contribution in [2.24, 2.45) is 5.41 Å². The second-order valence-corrected chi connectivity index (χ2v) is 3.44. The molecule has 6 heteroatoms. The summed E-state index contributed by atoms with van der Waals surface area (Å²) in [6.45, 7) is 1.10. The van der Waals surface area contributed by atoms with Crippen LogP contribution in [0.2, 0.25) is 0 Å². The Morgan fingerprint density at radius 2 is 2.00 bits per heavy atom.